The van der Waals surface area contributed by atoms with Crippen molar-refractivity contribution in [2.75, 3.05) is 11.9 Å². The van der Waals surface area contributed by atoms with Crippen LogP contribution in [0.15, 0.2) is 0 Å². The molecule has 13 heavy (non-hydrogen) atoms. The Labute approximate surface area is 87.0 Å². The largest absolute Gasteiger partial charge is 0.394 e. The van der Waals surface area contributed by atoms with Gasteiger partial charge in [-0.1, -0.05) is 15.9 Å². The molecule has 0 atom stereocenters. The number of rotatable bonds is 6. The molecule has 1 rings (SSSR count). The minimum atomic E-state index is -0.245. The molecule has 1 amide bonds. The maximum Gasteiger partial charge on any atom is 0.220 e. The lowest BCUT2D eigenvalue weighted by atomic mass is 10.2. The lowest BCUT2D eigenvalue weighted by Crippen LogP contribution is -2.39. The van der Waals surface area contributed by atoms with Gasteiger partial charge in [0.2, 0.25) is 5.91 Å². The Kier molecular flexibility index (Phi) is 4.19. The van der Waals surface area contributed by atoms with E-state index in [1.165, 1.54) is 0 Å². The topological polar surface area (TPSA) is 49.3 Å². The van der Waals surface area contributed by atoms with Gasteiger partial charge in [-0.15, -0.1) is 0 Å². The summed E-state index contributed by atoms with van der Waals surface area (Å²) in [5, 5.41) is 12.8. The fourth-order valence-corrected chi connectivity index (χ4v) is 1.61. The number of alkyl halides is 1. The summed E-state index contributed by atoms with van der Waals surface area (Å²) in [6, 6.07) is 0. The molecule has 0 bridgehead atoms. The maximum atomic E-state index is 11.3. The molecule has 1 aliphatic rings. The number of hydrogen-bond donors (Lipinski definition) is 2. The van der Waals surface area contributed by atoms with E-state index in [1.807, 2.05) is 0 Å². The van der Waals surface area contributed by atoms with Crippen molar-refractivity contribution in [2.24, 2.45) is 0 Å². The van der Waals surface area contributed by atoms with Crippen LogP contribution in [0.4, 0.5) is 0 Å². The molecule has 0 aliphatic heterocycles. The van der Waals surface area contributed by atoms with Crippen LogP contribution in [0.5, 0.6) is 0 Å². The van der Waals surface area contributed by atoms with E-state index in [9.17, 15) is 4.79 Å². The van der Waals surface area contributed by atoms with Crippen molar-refractivity contribution >= 4 is 21.8 Å². The lowest BCUT2D eigenvalue weighted by molar-refractivity contribution is -0.122. The van der Waals surface area contributed by atoms with Crippen LogP contribution >= 0.6 is 15.9 Å². The predicted octanol–water partition coefficient (Wildman–Crippen LogP) is 1.19. The van der Waals surface area contributed by atoms with Gasteiger partial charge in [-0.25, -0.2) is 0 Å². The van der Waals surface area contributed by atoms with Crippen LogP contribution in [0.25, 0.3) is 0 Å². The van der Waals surface area contributed by atoms with Crippen molar-refractivity contribution in [3.8, 4) is 0 Å². The molecule has 1 aliphatic carbocycles. The summed E-state index contributed by atoms with van der Waals surface area (Å²) >= 11 is 3.32. The Hall–Kier alpha value is -0.0900. The Balaban J connectivity index is 2.11. The Bertz CT molecular complexity index is 180. The highest BCUT2D eigenvalue weighted by Gasteiger charge is 2.43. The highest BCUT2D eigenvalue weighted by Crippen LogP contribution is 2.34. The van der Waals surface area contributed by atoms with E-state index in [-0.39, 0.29) is 18.1 Å². The third kappa shape index (κ3) is 3.65. The average molecular weight is 250 g/mol. The SMILES string of the molecule is O=C(CCCCBr)NC1(CO)CC1. The van der Waals surface area contributed by atoms with E-state index in [1.54, 1.807) is 0 Å². The molecule has 0 aromatic heterocycles. The molecule has 1 saturated carbocycles. The summed E-state index contributed by atoms with van der Waals surface area (Å²) in [7, 11) is 0. The minimum absolute atomic E-state index is 0.0764. The number of aliphatic hydroxyl groups excluding tert-OH is 1. The smallest absolute Gasteiger partial charge is 0.220 e. The maximum absolute atomic E-state index is 11.3. The summed E-state index contributed by atoms with van der Waals surface area (Å²) in [5.41, 5.74) is -0.245. The molecule has 0 radical (unpaired) electrons. The quantitative estimate of drug-likeness (QED) is 0.549. The zero-order valence-corrected chi connectivity index (χ0v) is 9.27. The molecular weight excluding hydrogens is 234 g/mol. The number of halogens is 1. The van der Waals surface area contributed by atoms with E-state index < -0.39 is 0 Å². The fourth-order valence-electron chi connectivity index (χ4n) is 1.21. The Morgan fingerprint density at radius 3 is 2.62 bits per heavy atom. The molecule has 0 spiro atoms. The molecule has 0 heterocycles. The van der Waals surface area contributed by atoms with E-state index in [2.05, 4.69) is 21.2 Å². The number of unbranched alkanes of at least 4 members (excludes halogenated alkanes) is 1. The van der Waals surface area contributed by atoms with Gasteiger partial charge in [0.15, 0.2) is 0 Å². The summed E-state index contributed by atoms with van der Waals surface area (Å²) in [5.74, 6) is 0.0764. The van der Waals surface area contributed by atoms with Crippen molar-refractivity contribution < 1.29 is 9.90 Å². The van der Waals surface area contributed by atoms with Crippen LogP contribution in [0.2, 0.25) is 0 Å². The van der Waals surface area contributed by atoms with Gasteiger partial charge >= 0.3 is 0 Å². The molecule has 1 fully saturated rings. The van der Waals surface area contributed by atoms with Crippen LogP contribution in [0, 0.1) is 0 Å². The van der Waals surface area contributed by atoms with Gasteiger partial charge in [-0.2, -0.15) is 0 Å². The molecule has 0 aromatic rings. The summed E-state index contributed by atoms with van der Waals surface area (Å²) in [6.45, 7) is 0.0805. The van der Waals surface area contributed by atoms with Gasteiger partial charge in [0, 0.05) is 11.8 Å². The highest BCUT2D eigenvalue weighted by molar-refractivity contribution is 9.09. The molecule has 0 saturated heterocycles. The second-order valence-corrected chi connectivity index (χ2v) is 4.43. The summed E-state index contributed by atoms with van der Waals surface area (Å²) < 4.78 is 0. The van der Waals surface area contributed by atoms with Crippen molar-refractivity contribution in [1.82, 2.24) is 5.32 Å². The van der Waals surface area contributed by atoms with Crippen LogP contribution in [0.1, 0.15) is 32.1 Å². The van der Waals surface area contributed by atoms with E-state index in [0.717, 1.165) is 31.0 Å². The zero-order valence-electron chi connectivity index (χ0n) is 7.68. The van der Waals surface area contributed by atoms with Gasteiger partial charge in [0.05, 0.1) is 12.1 Å². The Morgan fingerprint density at radius 1 is 1.46 bits per heavy atom. The van der Waals surface area contributed by atoms with E-state index in [4.69, 9.17) is 5.11 Å². The molecule has 2 N–H and O–H groups in total. The molecule has 3 nitrogen and oxygen atoms in total. The van der Waals surface area contributed by atoms with Crippen molar-refractivity contribution in [3.05, 3.63) is 0 Å². The molecule has 4 heteroatoms. The standard InChI is InChI=1S/C9H16BrNO2/c10-6-2-1-3-8(13)11-9(7-12)4-5-9/h12H,1-7H2,(H,11,13). The first kappa shape index (κ1) is 11.0. The van der Waals surface area contributed by atoms with Crippen LogP contribution in [-0.2, 0) is 4.79 Å². The van der Waals surface area contributed by atoms with E-state index >= 15 is 0 Å². The highest BCUT2D eigenvalue weighted by atomic mass is 79.9. The van der Waals surface area contributed by atoms with Crippen molar-refractivity contribution in [1.29, 1.82) is 0 Å². The van der Waals surface area contributed by atoms with Gasteiger partial charge < -0.3 is 10.4 Å². The zero-order chi connectivity index (χ0) is 9.73. The number of carbonyl (C=O) groups is 1. The minimum Gasteiger partial charge on any atom is -0.394 e. The third-order valence-electron chi connectivity index (χ3n) is 2.35. The number of hydrogen-bond acceptors (Lipinski definition) is 2. The first-order chi connectivity index (χ1) is 6.22. The van der Waals surface area contributed by atoms with Gasteiger partial charge in [0.1, 0.15) is 0 Å². The van der Waals surface area contributed by atoms with Crippen LogP contribution in [-0.4, -0.2) is 28.5 Å². The molecule has 0 unspecified atom stereocenters. The summed E-state index contributed by atoms with van der Waals surface area (Å²) in [4.78, 5) is 11.3. The second kappa shape index (κ2) is 4.96. The first-order valence-corrected chi connectivity index (χ1v) is 5.82. The monoisotopic (exact) mass is 249 g/mol. The normalized spacial score (nSPS) is 18.3. The predicted molar refractivity (Wildman–Crippen MR) is 54.8 cm³/mol. The average Bonchev–Trinajstić information content (AvgIpc) is 2.86. The number of carbonyl (C=O) groups excluding carboxylic acids is 1. The Morgan fingerprint density at radius 2 is 2.15 bits per heavy atom. The van der Waals surface area contributed by atoms with Gasteiger partial charge in [0.25, 0.3) is 0 Å². The lowest BCUT2D eigenvalue weighted by Gasteiger charge is -2.13. The molecular formula is C9H16BrNO2. The van der Waals surface area contributed by atoms with Crippen LogP contribution in [0.3, 0.4) is 0 Å². The van der Waals surface area contributed by atoms with Gasteiger partial charge in [-0.3, -0.25) is 4.79 Å². The van der Waals surface area contributed by atoms with Crippen molar-refractivity contribution in [3.63, 3.8) is 0 Å². The number of aliphatic hydroxyl groups is 1. The first-order valence-electron chi connectivity index (χ1n) is 4.70. The molecule has 76 valence electrons. The molecule has 0 aromatic carbocycles. The third-order valence-corrected chi connectivity index (χ3v) is 2.91. The van der Waals surface area contributed by atoms with Crippen LogP contribution < -0.4 is 5.32 Å². The van der Waals surface area contributed by atoms with E-state index in [0.29, 0.717) is 6.42 Å². The van der Waals surface area contributed by atoms with Crippen molar-refractivity contribution in [2.45, 2.75) is 37.6 Å². The fraction of sp³-hybridized carbons (Fsp3) is 0.889. The number of amides is 1. The number of nitrogens with one attached hydrogen (secondary N) is 1. The van der Waals surface area contributed by atoms with Gasteiger partial charge in [-0.05, 0) is 25.7 Å². The second-order valence-electron chi connectivity index (χ2n) is 3.63. The summed E-state index contributed by atoms with van der Waals surface area (Å²) in [6.07, 6.45) is 4.37.